The van der Waals surface area contributed by atoms with Gasteiger partial charge in [-0.25, -0.2) is 0 Å². The van der Waals surface area contributed by atoms with Crippen LogP contribution < -0.4 is 11.1 Å². The molecular weight excluding hydrogens is 264 g/mol. The quantitative estimate of drug-likeness (QED) is 0.675. The number of amides is 2. The Kier molecular flexibility index (Phi) is 5.99. The second kappa shape index (κ2) is 7.10. The van der Waals surface area contributed by atoms with E-state index in [1.54, 1.807) is 6.08 Å². The normalized spacial score (nSPS) is 24.0. The third-order valence-corrected chi connectivity index (χ3v) is 4.20. The number of rotatable bonds is 8. The van der Waals surface area contributed by atoms with Gasteiger partial charge in [0.15, 0.2) is 0 Å². The van der Waals surface area contributed by atoms with Crippen LogP contribution in [0.1, 0.15) is 53.4 Å². The summed E-state index contributed by atoms with van der Waals surface area (Å²) in [6.45, 7) is 11.7. The van der Waals surface area contributed by atoms with Crippen LogP contribution in [0.3, 0.4) is 0 Å². The number of carbonyl (C=O) groups is 2. The van der Waals surface area contributed by atoms with Crippen LogP contribution in [0.4, 0.5) is 0 Å². The van der Waals surface area contributed by atoms with Gasteiger partial charge in [-0.2, -0.15) is 0 Å². The zero-order chi connectivity index (χ0) is 16.2. The van der Waals surface area contributed by atoms with E-state index >= 15 is 0 Å². The number of primary amides is 1. The Morgan fingerprint density at radius 3 is 2.33 bits per heavy atom. The van der Waals surface area contributed by atoms with Crippen LogP contribution in [-0.4, -0.2) is 17.4 Å². The van der Waals surface area contributed by atoms with Crippen molar-refractivity contribution in [2.45, 2.75) is 58.9 Å². The smallest absolute Gasteiger partial charge is 0.224 e. The molecule has 1 aliphatic carbocycles. The minimum Gasteiger partial charge on any atom is -0.369 e. The predicted octanol–water partition coefficient (Wildman–Crippen LogP) is 2.63. The Bertz CT molecular complexity index is 398. The number of allylic oxidation sites excluding steroid dienone is 1. The maximum absolute atomic E-state index is 12.6. The van der Waals surface area contributed by atoms with E-state index in [0.29, 0.717) is 24.7 Å². The van der Waals surface area contributed by atoms with Crippen molar-refractivity contribution in [2.75, 3.05) is 0 Å². The molecule has 21 heavy (non-hydrogen) atoms. The highest BCUT2D eigenvalue weighted by atomic mass is 16.2. The van der Waals surface area contributed by atoms with Gasteiger partial charge < -0.3 is 11.1 Å². The lowest BCUT2D eigenvalue weighted by molar-refractivity contribution is -0.135. The van der Waals surface area contributed by atoms with Crippen molar-refractivity contribution in [3.8, 4) is 0 Å². The fraction of sp³-hybridized carbons (Fsp3) is 0.765. The van der Waals surface area contributed by atoms with Crippen molar-refractivity contribution >= 4 is 11.8 Å². The fourth-order valence-corrected chi connectivity index (χ4v) is 2.81. The topological polar surface area (TPSA) is 72.2 Å². The van der Waals surface area contributed by atoms with Crippen molar-refractivity contribution in [3.05, 3.63) is 12.7 Å². The Labute approximate surface area is 128 Å². The Balaban J connectivity index is 2.84. The molecule has 0 aromatic carbocycles. The number of nitrogens with two attached hydrogens (primary N) is 1. The molecule has 0 spiro atoms. The third-order valence-electron chi connectivity index (χ3n) is 4.20. The Morgan fingerprint density at radius 1 is 1.38 bits per heavy atom. The first kappa shape index (κ1) is 17.7. The summed E-state index contributed by atoms with van der Waals surface area (Å²) >= 11 is 0. The highest BCUT2D eigenvalue weighted by Crippen LogP contribution is 2.44. The number of hydrogen-bond donors (Lipinski definition) is 2. The van der Waals surface area contributed by atoms with E-state index < -0.39 is 5.92 Å². The molecular formula is C17H30N2O2. The van der Waals surface area contributed by atoms with Gasteiger partial charge in [0.25, 0.3) is 0 Å². The van der Waals surface area contributed by atoms with Gasteiger partial charge in [-0.15, -0.1) is 6.58 Å². The predicted molar refractivity (Wildman–Crippen MR) is 85.4 cm³/mol. The molecule has 0 bridgehead atoms. The van der Waals surface area contributed by atoms with Crippen LogP contribution in [-0.2, 0) is 9.59 Å². The summed E-state index contributed by atoms with van der Waals surface area (Å²) in [4.78, 5) is 24.4. The van der Waals surface area contributed by atoms with Gasteiger partial charge in [-0.1, -0.05) is 13.0 Å². The SMILES string of the molecule is C=CCCC(C(N)=O)C(CC1CC1C)C(=O)NC(C)(C)C. The minimum atomic E-state index is -0.404. The van der Waals surface area contributed by atoms with Gasteiger partial charge in [0.05, 0.1) is 0 Å². The summed E-state index contributed by atoms with van der Waals surface area (Å²) in [5, 5.41) is 3.01. The molecule has 0 aromatic heterocycles. The van der Waals surface area contributed by atoms with Crippen molar-refractivity contribution in [2.24, 2.45) is 29.4 Å². The summed E-state index contributed by atoms with van der Waals surface area (Å²) in [5.41, 5.74) is 5.26. The lowest BCUT2D eigenvalue weighted by Gasteiger charge is -2.28. The highest BCUT2D eigenvalue weighted by molar-refractivity contribution is 5.87. The lowest BCUT2D eigenvalue weighted by atomic mass is 9.82. The van der Waals surface area contributed by atoms with Crippen molar-refractivity contribution < 1.29 is 9.59 Å². The van der Waals surface area contributed by atoms with E-state index in [0.717, 1.165) is 12.8 Å². The zero-order valence-electron chi connectivity index (χ0n) is 13.8. The van der Waals surface area contributed by atoms with E-state index in [4.69, 9.17) is 5.73 Å². The summed E-state index contributed by atoms with van der Waals surface area (Å²) in [6, 6.07) is 0. The molecule has 1 fully saturated rings. The minimum absolute atomic E-state index is 0.0468. The second-order valence-electron chi connectivity index (χ2n) is 7.43. The molecule has 1 aliphatic rings. The second-order valence-corrected chi connectivity index (χ2v) is 7.43. The van der Waals surface area contributed by atoms with Crippen LogP contribution >= 0.6 is 0 Å². The molecule has 0 aromatic rings. The van der Waals surface area contributed by atoms with Crippen molar-refractivity contribution in [1.29, 1.82) is 0 Å². The summed E-state index contributed by atoms with van der Waals surface area (Å²) < 4.78 is 0. The molecule has 4 unspecified atom stereocenters. The third kappa shape index (κ3) is 5.90. The average Bonchev–Trinajstić information content (AvgIpc) is 3.01. The van der Waals surface area contributed by atoms with Gasteiger partial charge in [0.2, 0.25) is 11.8 Å². The maximum Gasteiger partial charge on any atom is 0.224 e. The molecule has 1 saturated carbocycles. The molecule has 0 saturated heterocycles. The van der Waals surface area contributed by atoms with Crippen LogP contribution in [0, 0.1) is 23.7 Å². The van der Waals surface area contributed by atoms with E-state index in [9.17, 15) is 9.59 Å². The molecule has 1 rings (SSSR count). The van der Waals surface area contributed by atoms with Crippen LogP contribution in [0.25, 0.3) is 0 Å². The summed E-state index contributed by atoms with van der Waals surface area (Å²) in [6.07, 6.45) is 4.98. The van der Waals surface area contributed by atoms with Crippen LogP contribution in [0.15, 0.2) is 12.7 Å². The largest absolute Gasteiger partial charge is 0.369 e. The van der Waals surface area contributed by atoms with Gasteiger partial charge in [0.1, 0.15) is 0 Å². The molecule has 4 nitrogen and oxygen atoms in total. The standard InChI is InChI=1S/C17H30N2O2/c1-6-7-8-13(15(18)20)14(10-12-9-11(12)2)16(21)19-17(3,4)5/h6,11-14H,1,7-10H2,2-5H3,(H2,18,20)(H,19,21). The van der Waals surface area contributed by atoms with E-state index in [-0.39, 0.29) is 23.3 Å². The molecule has 0 radical (unpaired) electrons. The number of nitrogens with one attached hydrogen (secondary N) is 1. The van der Waals surface area contributed by atoms with E-state index in [1.165, 1.54) is 0 Å². The Morgan fingerprint density at radius 2 is 1.95 bits per heavy atom. The van der Waals surface area contributed by atoms with Crippen molar-refractivity contribution in [3.63, 3.8) is 0 Å². The average molecular weight is 294 g/mol. The number of hydrogen-bond acceptors (Lipinski definition) is 2. The van der Waals surface area contributed by atoms with Crippen LogP contribution in [0.5, 0.6) is 0 Å². The molecule has 0 aliphatic heterocycles. The first-order valence-electron chi connectivity index (χ1n) is 7.88. The summed E-state index contributed by atoms with van der Waals surface area (Å²) in [7, 11) is 0. The van der Waals surface area contributed by atoms with E-state index in [1.807, 2.05) is 20.8 Å². The maximum atomic E-state index is 12.6. The molecule has 120 valence electrons. The van der Waals surface area contributed by atoms with Crippen LogP contribution in [0.2, 0.25) is 0 Å². The monoisotopic (exact) mass is 294 g/mol. The molecule has 2 amide bonds. The summed E-state index contributed by atoms with van der Waals surface area (Å²) in [5.74, 6) is 0.0533. The van der Waals surface area contributed by atoms with E-state index in [2.05, 4.69) is 18.8 Å². The fourth-order valence-electron chi connectivity index (χ4n) is 2.81. The lowest BCUT2D eigenvalue weighted by Crippen LogP contribution is -2.47. The molecule has 0 heterocycles. The molecule has 3 N–H and O–H groups in total. The number of carbonyl (C=O) groups excluding carboxylic acids is 2. The van der Waals surface area contributed by atoms with Gasteiger partial charge in [-0.05, 0) is 58.3 Å². The molecule has 4 heteroatoms. The first-order valence-corrected chi connectivity index (χ1v) is 7.88. The van der Waals surface area contributed by atoms with Gasteiger partial charge >= 0.3 is 0 Å². The molecule has 4 atom stereocenters. The first-order chi connectivity index (χ1) is 9.65. The Hall–Kier alpha value is -1.32. The zero-order valence-corrected chi connectivity index (χ0v) is 13.8. The van der Waals surface area contributed by atoms with Crippen molar-refractivity contribution in [1.82, 2.24) is 5.32 Å². The van der Waals surface area contributed by atoms with Gasteiger partial charge in [-0.3, -0.25) is 9.59 Å². The van der Waals surface area contributed by atoms with Gasteiger partial charge in [0, 0.05) is 17.4 Å². The highest BCUT2D eigenvalue weighted by Gasteiger charge is 2.41.